The smallest absolute Gasteiger partial charge is 0.180 e. The largest absolute Gasteiger partial charge is 0.249 e. The Hall–Kier alpha value is -3.04. The van der Waals surface area contributed by atoms with Crippen LogP contribution in [0.3, 0.4) is 0 Å². The summed E-state index contributed by atoms with van der Waals surface area (Å²) in [5.74, 6) is 0.534. The second-order valence-corrected chi connectivity index (χ2v) is 6.33. The van der Waals surface area contributed by atoms with E-state index in [4.69, 9.17) is 16.6 Å². The molecule has 0 aliphatic rings. The van der Waals surface area contributed by atoms with Crippen LogP contribution in [0.15, 0.2) is 84.9 Å². The lowest BCUT2D eigenvalue weighted by Gasteiger charge is -2.07. The van der Waals surface area contributed by atoms with Crippen molar-refractivity contribution in [3.8, 4) is 22.8 Å². The third-order valence-electron chi connectivity index (χ3n) is 4.03. The van der Waals surface area contributed by atoms with Gasteiger partial charge in [-0.3, -0.25) is 0 Å². The van der Waals surface area contributed by atoms with Gasteiger partial charge < -0.3 is 0 Å². The molecule has 4 aromatic rings. The Labute approximate surface area is 157 Å². The van der Waals surface area contributed by atoms with Gasteiger partial charge in [-0.2, -0.15) is 0 Å². The normalized spacial score (nSPS) is 10.7. The maximum Gasteiger partial charge on any atom is 0.180 e. The minimum Gasteiger partial charge on any atom is -0.249 e. The molecule has 0 amide bonds. The van der Waals surface area contributed by atoms with E-state index in [0.29, 0.717) is 11.0 Å². The average molecular weight is 358 g/mol. The van der Waals surface area contributed by atoms with Gasteiger partial charge in [-0.1, -0.05) is 78.3 Å². The standard InChI is InChI=1S/C22H16ClN3/c23-21-15-20(17-10-5-2-6-11-17)25-22(26-21)19-13-7-12-18(24-19)14-16-8-3-1-4-9-16/h1-13,15H,14H2. The summed E-state index contributed by atoms with van der Waals surface area (Å²) in [5.41, 5.74) is 4.69. The molecule has 0 aliphatic heterocycles. The van der Waals surface area contributed by atoms with Crippen LogP contribution >= 0.6 is 11.6 Å². The van der Waals surface area contributed by atoms with E-state index in [2.05, 4.69) is 22.1 Å². The van der Waals surface area contributed by atoms with Gasteiger partial charge in [0.25, 0.3) is 0 Å². The molecule has 0 aliphatic carbocycles. The topological polar surface area (TPSA) is 38.7 Å². The molecule has 0 spiro atoms. The molecule has 2 heterocycles. The molecule has 2 aromatic heterocycles. The van der Waals surface area contributed by atoms with Crippen molar-refractivity contribution >= 4 is 11.6 Å². The summed E-state index contributed by atoms with van der Waals surface area (Å²) in [4.78, 5) is 13.8. The third kappa shape index (κ3) is 3.79. The predicted molar refractivity (Wildman–Crippen MR) is 105 cm³/mol. The van der Waals surface area contributed by atoms with Crippen molar-refractivity contribution < 1.29 is 0 Å². The van der Waals surface area contributed by atoms with E-state index in [1.54, 1.807) is 6.07 Å². The van der Waals surface area contributed by atoms with Crippen molar-refractivity contribution in [2.24, 2.45) is 0 Å². The minimum absolute atomic E-state index is 0.407. The van der Waals surface area contributed by atoms with E-state index in [0.717, 1.165) is 29.1 Å². The zero-order chi connectivity index (χ0) is 17.8. The summed E-state index contributed by atoms with van der Waals surface area (Å²) in [6.45, 7) is 0. The number of halogens is 1. The highest BCUT2D eigenvalue weighted by molar-refractivity contribution is 6.29. The molecule has 2 aromatic carbocycles. The van der Waals surface area contributed by atoms with Gasteiger partial charge in [0.2, 0.25) is 0 Å². The number of hydrogen-bond acceptors (Lipinski definition) is 3. The van der Waals surface area contributed by atoms with Crippen LogP contribution in [0.5, 0.6) is 0 Å². The van der Waals surface area contributed by atoms with Gasteiger partial charge in [-0.15, -0.1) is 0 Å². The fraction of sp³-hybridized carbons (Fsp3) is 0.0455. The van der Waals surface area contributed by atoms with Crippen LogP contribution in [-0.4, -0.2) is 15.0 Å². The molecule has 0 unspecified atom stereocenters. The van der Waals surface area contributed by atoms with Crippen molar-refractivity contribution in [3.05, 3.63) is 101 Å². The van der Waals surface area contributed by atoms with Gasteiger partial charge in [-0.05, 0) is 17.7 Å². The van der Waals surface area contributed by atoms with E-state index in [-0.39, 0.29) is 0 Å². The molecule has 0 saturated carbocycles. The number of aromatic nitrogens is 3. The van der Waals surface area contributed by atoms with E-state index in [9.17, 15) is 0 Å². The number of rotatable bonds is 4. The maximum absolute atomic E-state index is 6.24. The average Bonchev–Trinajstić information content (AvgIpc) is 2.69. The summed E-state index contributed by atoms with van der Waals surface area (Å²) < 4.78 is 0. The summed E-state index contributed by atoms with van der Waals surface area (Å²) in [7, 11) is 0. The summed E-state index contributed by atoms with van der Waals surface area (Å²) in [6.07, 6.45) is 0.765. The van der Waals surface area contributed by atoms with Crippen LogP contribution in [-0.2, 0) is 6.42 Å². The van der Waals surface area contributed by atoms with E-state index in [1.165, 1.54) is 5.56 Å². The second-order valence-electron chi connectivity index (χ2n) is 5.94. The predicted octanol–water partition coefficient (Wildman–Crippen LogP) is 5.45. The highest BCUT2D eigenvalue weighted by Crippen LogP contribution is 2.23. The fourth-order valence-corrected chi connectivity index (χ4v) is 2.98. The van der Waals surface area contributed by atoms with Gasteiger partial charge in [0.15, 0.2) is 5.82 Å². The Balaban J connectivity index is 1.69. The van der Waals surface area contributed by atoms with Crippen LogP contribution in [0.2, 0.25) is 5.15 Å². The second kappa shape index (κ2) is 7.46. The molecular formula is C22H16ClN3. The Morgan fingerprint density at radius 3 is 2.15 bits per heavy atom. The van der Waals surface area contributed by atoms with Crippen molar-refractivity contribution in [1.29, 1.82) is 0 Å². The highest BCUT2D eigenvalue weighted by atomic mass is 35.5. The molecule has 4 rings (SSSR count). The quantitative estimate of drug-likeness (QED) is 0.456. The Bertz CT molecular complexity index is 1020. The van der Waals surface area contributed by atoms with E-state index >= 15 is 0 Å². The molecule has 3 nitrogen and oxygen atoms in total. The third-order valence-corrected chi connectivity index (χ3v) is 4.22. The van der Waals surface area contributed by atoms with Crippen molar-refractivity contribution in [3.63, 3.8) is 0 Å². The number of benzene rings is 2. The van der Waals surface area contributed by atoms with Crippen molar-refractivity contribution in [2.45, 2.75) is 6.42 Å². The van der Waals surface area contributed by atoms with Gasteiger partial charge in [0.05, 0.1) is 5.69 Å². The summed E-state index contributed by atoms with van der Waals surface area (Å²) >= 11 is 6.24. The molecule has 0 atom stereocenters. The van der Waals surface area contributed by atoms with Crippen LogP contribution in [0.25, 0.3) is 22.8 Å². The molecule has 126 valence electrons. The fourth-order valence-electron chi connectivity index (χ4n) is 2.80. The van der Waals surface area contributed by atoms with Gasteiger partial charge in [-0.25, -0.2) is 15.0 Å². The molecule has 0 N–H and O–H groups in total. The van der Waals surface area contributed by atoms with Crippen LogP contribution in [0.4, 0.5) is 0 Å². The Kier molecular flexibility index (Phi) is 4.71. The van der Waals surface area contributed by atoms with Crippen molar-refractivity contribution in [1.82, 2.24) is 15.0 Å². The molecule has 26 heavy (non-hydrogen) atoms. The number of pyridine rings is 1. The lowest BCUT2D eigenvalue weighted by Crippen LogP contribution is -1.98. The molecule has 4 heteroatoms. The molecule has 0 fully saturated rings. The minimum atomic E-state index is 0.407. The van der Waals surface area contributed by atoms with E-state index in [1.807, 2.05) is 66.7 Å². The van der Waals surface area contributed by atoms with Gasteiger partial charge in [0, 0.05) is 23.7 Å². The lowest BCUT2D eigenvalue weighted by atomic mass is 10.1. The van der Waals surface area contributed by atoms with Gasteiger partial charge in [0.1, 0.15) is 10.8 Å². The van der Waals surface area contributed by atoms with E-state index < -0.39 is 0 Å². The summed E-state index contributed by atoms with van der Waals surface area (Å²) in [6, 6.07) is 27.9. The molecule has 0 saturated heterocycles. The molecular weight excluding hydrogens is 342 g/mol. The Morgan fingerprint density at radius 1 is 0.654 bits per heavy atom. The molecule has 0 radical (unpaired) electrons. The lowest BCUT2D eigenvalue weighted by molar-refractivity contribution is 1.05. The monoisotopic (exact) mass is 357 g/mol. The first-order valence-electron chi connectivity index (χ1n) is 8.38. The molecule has 0 bridgehead atoms. The number of nitrogens with zero attached hydrogens (tertiary/aromatic N) is 3. The zero-order valence-electron chi connectivity index (χ0n) is 14.0. The first kappa shape index (κ1) is 16.4. The highest BCUT2D eigenvalue weighted by Gasteiger charge is 2.09. The number of hydrogen-bond donors (Lipinski definition) is 0. The van der Waals surface area contributed by atoms with Crippen LogP contribution in [0, 0.1) is 0 Å². The first-order chi connectivity index (χ1) is 12.8. The SMILES string of the molecule is Clc1cc(-c2ccccc2)nc(-c2cccc(Cc3ccccc3)n2)n1. The van der Waals surface area contributed by atoms with Crippen LogP contribution in [0.1, 0.15) is 11.3 Å². The van der Waals surface area contributed by atoms with Gasteiger partial charge >= 0.3 is 0 Å². The summed E-state index contributed by atoms with van der Waals surface area (Å²) in [5, 5.41) is 0.407. The zero-order valence-corrected chi connectivity index (χ0v) is 14.8. The Morgan fingerprint density at radius 2 is 1.38 bits per heavy atom. The maximum atomic E-state index is 6.24. The first-order valence-corrected chi connectivity index (χ1v) is 8.76. The van der Waals surface area contributed by atoms with Crippen LogP contribution < -0.4 is 0 Å². The van der Waals surface area contributed by atoms with Crippen molar-refractivity contribution in [2.75, 3.05) is 0 Å².